The number of phosphoric ester groups is 1. The molecule has 0 radical (unpaired) electrons. The van der Waals surface area contributed by atoms with Crippen LogP contribution in [0, 0.1) is 11.6 Å². The van der Waals surface area contributed by atoms with E-state index in [9.17, 15) is 18.1 Å². The topological polar surface area (TPSA) is 151 Å². The zero-order valence-electron chi connectivity index (χ0n) is 31.9. The van der Waals surface area contributed by atoms with Crippen LogP contribution >= 0.6 is 7.82 Å². The van der Waals surface area contributed by atoms with Crippen LogP contribution in [0.2, 0.25) is 0 Å². The highest BCUT2D eigenvalue weighted by Crippen LogP contribution is 2.55. The summed E-state index contributed by atoms with van der Waals surface area (Å²) in [6.07, 6.45) is 8.60. The number of aromatic nitrogens is 4. The number of nitrogens with zero attached hydrogens (tertiary/aromatic N) is 5. The number of nitrogens with one attached hydrogen (secondary N) is 2. The highest BCUT2D eigenvalue weighted by Gasteiger charge is 2.37. The van der Waals surface area contributed by atoms with Gasteiger partial charge in [0.1, 0.15) is 18.7 Å². The third kappa shape index (κ3) is 11.6. The van der Waals surface area contributed by atoms with Gasteiger partial charge in [0.2, 0.25) is 5.91 Å². The monoisotopic (exact) mass is 773 g/mol. The lowest BCUT2D eigenvalue weighted by molar-refractivity contribution is -0.116. The number of phosphoric acid groups is 1. The predicted molar refractivity (Wildman–Crippen MR) is 201 cm³/mol. The molecule has 2 aromatic heterocycles. The SMILES string of the molecule is COc1cc2c(Nc3cnn(CC(=O)Nc4cccc(F)c4F)c3)ncnc2cc1OCCCN(CCOP(=O)(OC(C)(C)C)OC(C)(C)C)C1CCC1. The first kappa shape index (κ1) is 41.0. The van der Waals surface area contributed by atoms with Gasteiger partial charge in [-0.25, -0.2) is 23.3 Å². The minimum Gasteiger partial charge on any atom is -0.493 e. The number of halogens is 2. The zero-order valence-corrected chi connectivity index (χ0v) is 32.8. The summed E-state index contributed by atoms with van der Waals surface area (Å²) < 4.78 is 71.6. The highest BCUT2D eigenvalue weighted by atomic mass is 31.2. The molecule has 1 aliphatic rings. The van der Waals surface area contributed by atoms with Gasteiger partial charge in [0, 0.05) is 36.8 Å². The van der Waals surface area contributed by atoms with Gasteiger partial charge < -0.3 is 20.1 Å². The first-order chi connectivity index (χ1) is 25.5. The van der Waals surface area contributed by atoms with Crippen molar-refractivity contribution in [2.75, 3.05) is 44.0 Å². The van der Waals surface area contributed by atoms with Gasteiger partial charge in [-0.2, -0.15) is 5.10 Å². The van der Waals surface area contributed by atoms with Crippen molar-refractivity contribution in [1.29, 1.82) is 0 Å². The lowest BCUT2D eigenvalue weighted by Crippen LogP contribution is -2.43. The Kier molecular flexibility index (Phi) is 13.3. The number of rotatable bonds is 18. The standard InChI is InChI=1S/C37H50F2N7O7P/c1-36(2,3)52-54(48,53-37(4,5)6)51-18-16-45(26-11-8-12-26)15-10-17-50-32-20-30-27(19-31(32)49-7)35(41-24-40-30)43-25-21-42-46(22-25)23-33(47)44-29-14-9-13-28(38)34(29)39/h9,13-14,19-22,24,26H,8,10-12,15-18,23H2,1-7H3,(H,44,47)(H,40,41,43). The van der Waals surface area contributed by atoms with E-state index in [0.29, 0.717) is 53.1 Å². The van der Waals surface area contributed by atoms with Crippen LogP contribution in [0.5, 0.6) is 11.5 Å². The fourth-order valence-electron chi connectivity index (χ4n) is 5.72. The molecule has 17 heteroatoms. The van der Waals surface area contributed by atoms with Crippen LogP contribution in [0.25, 0.3) is 10.9 Å². The van der Waals surface area contributed by atoms with Crippen molar-refractivity contribution in [1.82, 2.24) is 24.6 Å². The minimum atomic E-state index is -3.80. The quantitative estimate of drug-likeness (QED) is 0.0748. The molecule has 1 aliphatic carbocycles. The minimum absolute atomic E-state index is 0.198. The number of anilines is 3. The molecule has 0 spiro atoms. The molecule has 0 atom stereocenters. The largest absolute Gasteiger partial charge is 0.493 e. The van der Waals surface area contributed by atoms with Crippen LogP contribution in [0.1, 0.15) is 67.2 Å². The Morgan fingerprint density at radius 2 is 1.76 bits per heavy atom. The van der Waals surface area contributed by atoms with Gasteiger partial charge in [0.15, 0.2) is 23.1 Å². The van der Waals surface area contributed by atoms with Crippen molar-refractivity contribution in [3.63, 3.8) is 0 Å². The first-order valence-electron chi connectivity index (χ1n) is 17.9. The molecule has 1 saturated carbocycles. The van der Waals surface area contributed by atoms with Crippen LogP contribution in [0.15, 0.2) is 49.1 Å². The second kappa shape index (κ2) is 17.5. The van der Waals surface area contributed by atoms with Crippen molar-refractivity contribution in [2.24, 2.45) is 0 Å². The number of hydrogen-bond donors (Lipinski definition) is 2. The molecule has 294 valence electrons. The van der Waals surface area contributed by atoms with E-state index < -0.39 is 36.6 Å². The molecular weight excluding hydrogens is 723 g/mol. The Bertz CT molecular complexity index is 1930. The highest BCUT2D eigenvalue weighted by molar-refractivity contribution is 7.48. The van der Waals surface area contributed by atoms with E-state index in [4.69, 9.17) is 23.0 Å². The second-order valence-electron chi connectivity index (χ2n) is 15.0. The van der Waals surface area contributed by atoms with E-state index in [0.717, 1.165) is 31.9 Å². The van der Waals surface area contributed by atoms with Gasteiger partial charge in [-0.1, -0.05) is 12.5 Å². The van der Waals surface area contributed by atoms with Gasteiger partial charge in [-0.3, -0.25) is 27.9 Å². The normalized spacial score (nSPS) is 14.0. The summed E-state index contributed by atoms with van der Waals surface area (Å²) in [6.45, 7) is 12.6. The molecule has 1 fully saturated rings. The Labute approximate surface area is 314 Å². The van der Waals surface area contributed by atoms with Crippen molar-refractivity contribution < 1.29 is 41.2 Å². The number of methoxy groups -OCH3 is 1. The lowest BCUT2D eigenvalue weighted by Gasteiger charge is -2.38. The Morgan fingerprint density at radius 1 is 1.02 bits per heavy atom. The number of hydrogen-bond acceptors (Lipinski definition) is 12. The summed E-state index contributed by atoms with van der Waals surface area (Å²) in [5.74, 6) is -1.27. The van der Waals surface area contributed by atoms with E-state index in [2.05, 4.69) is 30.6 Å². The van der Waals surface area contributed by atoms with Gasteiger partial charge in [0.05, 0.1) is 54.6 Å². The Morgan fingerprint density at radius 3 is 2.43 bits per heavy atom. The maximum absolute atomic E-state index is 14.0. The molecule has 4 aromatic rings. The number of ether oxygens (including phenoxy) is 2. The summed E-state index contributed by atoms with van der Waals surface area (Å²) >= 11 is 0. The molecule has 54 heavy (non-hydrogen) atoms. The van der Waals surface area contributed by atoms with Gasteiger partial charge in [0.25, 0.3) is 0 Å². The van der Waals surface area contributed by atoms with Gasteiger partial charge >= 0.3 is 7.82 Å². The molecule has 2 aromatic carbocycles. The lowest BCUT2D eigenvalue weighted by atomic mass is 9.91. The average molecular weight is 774 g/mol. The van der Waals surface area contributed by atoms with Crippen LogP contribution < -0.4 is 20.1 Å². The fraction of sp³-hybridized carbons (Fsp3) is 0.514. The number of amides is 1. The van der Waals surface area contributed by atoms with Crippen molar-refractivity contribution in [3.05, 3.63) is 60.7 Å². The molecule has 0 aliphatic heterocycles. The van der Waals surface area contributed by atoms with Crippen LogP contribution in [0.4, 0.5) is 26.0 Å². The van der Waals surface area contributed by atoms with Gasteiger partial charge in [-0.05, 0) is 79.0 Å². The molecule has 1 amide bonds. The molecule has 2 heterocycles. The maximum Gasteiger partial charge on any atom is 0.475 e. The molecule has 0 bridgehead atoms. The summed E-state index contributed by atoms with van der Waals surface area (Å²) in [5, 5.41) is 10.4. The van der Waals surface area contributed by atoms with Crippen LogP contribution in [-0.2, 0) is 29.5 Å². The Hall–Kier alpha value is -4.21. The molecule has 14 nitrogen and oxygen atoms in total. The summed E-state index contributed by atoms with van der Waals surface area (Å²) in [4.78, 5) is 23.6. The number of carbonyl (C=O) groups excluding carboxylic acids is 1. The number of carbonyl (C=O) groups is 1. The maximum atomic E-state index is 14.0. The van der Waals surface area contributed by atoms with Crippen molar-refractivity contribution >= 4 is 41.8 Å². The predicted octanol–water partition coefficient (Wildman–Crippen LogP) is 7.87. The van der Waals surface area contributed by atoms with Crippen LogP contribution in [-0.4, -0.2) is 81.2 Å². The zero-order chi connectivity index (χ0) is 39.1. The third-order valence-electron chi connectivity index (χ3n) is 8.19. The molecular formula is C37H50F2N7O7P. The fourth-order valence-corrected chi connectivity index (χ4v) is 7.50. The Balaban J connectivity index is 1.17. The van der Waals surface area contributed by atoms with E-state index in [1.54, 1.807) is 25.4 Å². The average Bonchev–Trinajstić information content (AvgIpc) is 3.48. The van der Waals surface area contributed by atoms with Crippen molar-refractivity contribution in [2.45, 2.75) is 91.0 Å². The van der Waals surface area contributed by atoms with Crippen molar-refractivity contribution in [3.8, 4) is 11.5 Å². The summed E-state index contributed by atoms with van der Waals surface area (Å²) in [7, 11) is -2.25. The smallest absolute Gasteiger partial charge is 0.475 e. The molecule has 0 unspecified atom stereocenters. The molecule has 2 N–H and O–H groups in total. The van der Waals surface area contributed by atoms with E-state index in [-0.39, 0.29) is 18.8 Å². The first-order valence-corrected chi connectivity index (χ1v) is 19.4. The number of fused-ring (bicyclic) bond motifs is 1. The van der Waals surface area contributed by atoms with E-state index in [1.807, 2.05) is 41.5 Å². The van der Waals surface area contributed by atoms with Crippen LogP contribution in [0.3, 0.4) is 0 Å². The second-order valence-corrected chi connectivity index (χ2v) is 16.5. The number of benzene rings is 2. The molecule has 0 saturated heterocycles. The van der Waals surface area contributed by atoms with E-state index in [1.165, 1.54) is 35.8 Å². The molecule has 5 rings (SSSR count). The van der Waals surface area contributed by atoms with E-state index >= 15 is 0 Å². The summed E-state index contributed by atoms with van der Waals surface area (Å²) in [5.41, 5.74) is -0.520. The summed E-state index contributed by atoms with van der Waals surface area (Å²) in [6, 6.07) is 7.55. The third-order valence-corrected chi connectivity index (χ3v) is 10.2. The van der Waals surface area contributed by atoms with Gasteiger partial charge in [-0.15, -0.1) is 0 Å².